The summed E-state index contributed by atoms with van der Waals surface area (Å²) >= 11 is 0. The van der Waals surface area contributed by atoms with Crippen molar-refractivity contribution in [3.63, 3.8) is 0 Å². The Morgan fingerprint density at radius 1 is 0.500 bits per heavy atom. The van der Waals surface area contributed by atoms with Crippen LogP contribution in [0.5, 0.6) is 0 Å². The maximum absolute atomic E-state index is 13.0. The highest BCUT2D eigenvalue weighted by Gasteiger charge is 2.19. The summed E-state index contributed by atoms with van der Waals surface area (Å²) in [5, 5.41) is 0. The maximum atomic E-state index is 13.0. The van der Waals surface area contributed by atoms with E-state index in [1.807, 2.05) is 6.08 Å². The first-order valence-electron chi connectivity index (χ1n) is 20.1. The molecule has 44 heavy (non-hydrogen) atoms. The predicted molar refractivity (Wildman–Crippen MR) is 195 cm³/mol. The Balaban J connectivity index is 4.39. The summed E-state index contributed by atoms with van der Waals surface area (Å²) < 4.78 is 12.3. The van der Waals surface area contributed by atoms with Gasteiger partial charge in [-0.2, -0.15) is 0 Å². The first-order valence-corrected chi connectivity index (χ1v) is 20.1. The number of carbonyl (C=O) groups excluding carboxylic acids is 1. The summed E-state index contributed by atoms with van der Waals surface area (Å²) in [5.41, 5.74) is 0. The zero-order chi connectivity index (χ0) is 32.2. The highest BCUT2D eigenvalue weighted by atomic mass is 16.5. The summed E-state index contributed by atoms with van der Waals surface area (Å²) in [4.78, 5) is 13.0. The average molecular weight is 621 g/mol. The van der Waals surface area contributed by atoms with E-state index in [9.17, 15) is 4.79 Å². The van der Waals surface area contributed by atoms with Gasteiger partial charge in [0.25, 0.3) is 0 Å². The van der Waals surface area contributed by atoms with E-state index in [2.05, 4.69) is 27.4 Å². The van der Waals surface area contributed by atoms with Crippen LogP contribution in [0, 0.1) is 0 Å². The van der Waals surface area contributed by atoms with Crippen molar-refractivity contribution in [1.82, 2.24) is 0 Å². The second-order valence-corrected chi connectivity index (χ2v) is 13.7. The van der Waals surface area contributed by atoms with Crippen molar-refractivity contribution in [1.29, 1.82) is 0 Å². The van der Waals surface area contributed by atoms with Gasteiger partial charge in [-0.25, -0.2) is 0 Å². The molecule has 0 aliphatic carbocycles. The molecule has 0 aromatic rings. The Kier molecular flexibility index (Phi) is 35.9. The largest absolute Gasteiger partial charge is 0.462 e. The molecule has 0 aromatic heterocycles. The predicted octanol–water partition coefficient (Wildman–Crippen LogP) is 14.0. The maximum Gasteiger partial charge on any atom is 0.308 e. The molecule has 0 amide bonds. The highest BCUT2D eigenvalue weighted by Crippen LogP contribution is 2.19. The lowest BCUT2D eigenvalue weighted by Gasteiger charge is -2.21. The summed E-state index contributed by atoms with van der Waals surface area (Å²) in [5.74, 6) is -0.0724. The van der Waals surface area contributed by atoms with Crippen molar-refractivity contribution in [2.75, 3.05) is 6.61 Å². The Bertz CT molecular complexity index is 574. The van der Waals surface area contributed by atoms with E-state index in [4.69, 9.17) is 9.47 Å². The Morgan fingerprint density at radius 3 is 1.23 bits per heavy atom. The van der Waals surface area contributed by atoms with E-state index >= 15 is 0 Å². The van der Waals surface area contributed by atoms with Crippen molar-refractivity contribution in [2.45, 2.75) is 238 Å². The molecule has 2 atom stereocenters. The van der Waals surface area contributed by atoms with Crippen molar-refractivity contribution in [3.05, 3.63) is 12.7 Å². The van der Waals surface area contributed by atoms with Gasteiger partial charge >= 0.3 is 5.97 Å². The molecule has 0 aliphatic rings. The molecule has 0 N–H and O–H groups in total. The molecule has 0 aromatic carbocycles. The fraction of sp³-hybridized carbons (Fsp3) is 0.927. The highest BCUT2D eigenvalue weighted by molar-refractivity contribution is 5.70. The number of ether oxygens (including phenoxy) is 2. The number of hydrogen-bond acceptors (Lipinski definition) is 3. The average Bonchev–Trinajstić information content (AvgIpc) is 3.01. The first-order chi connectivity index (χ1) is 21.7. The number of carbonyl (C=O) groups is 1. The van der Waals surface area contributed by atoms with Crippen LogP contribution in [0.15, 0.2) is 12.7 Å². The summed E-state index contributed by atoms with van der Waals surface area (Å²) in [6.07, 6.45) is 42.0. The van der Waals surface area contributed by atoms with Gasteiger partial charge < -0.3 is 9.47 Å². The van der Waals surface area contributed by atoms with Crippen LogP contribution in [-0.4, -0.2) is 24.8 Å². The molecule has 0 spiro atoms. The minimum Gasteiger partial charge on any atom is -0.462 e. The molecule has 0 rings (SSSR count). The van der Waals surface area contributed by atoms with E-state index in [1.165, 1.54) is 161 Å². The van der Waals surface area contributed by atoms with Crippen molar-refractivity contribution in [3.8, 4) is 0 Å². The van der Waals surface area contributed by atoms with Gasteiger partial charge in [0.2, 0.25) is 0 Å². The zero-order valence-corrected chi connectivity index (χ0v) is 30.5. The minimum atomic E-state index is -0.0724. The normalized spacial score (nSPS) is 12.8. The molecule has 0 fully saturated rings. The zero-order valence-electron chi connectivity index (χ0n) is 30.5. The molecule has 262 valence electrons. The van der Waals surface area contributed by atoms with Crippen LogP contribution in [-0.2, 0) is 14.3 Å². The van der Waals surface area contributed by atoms with E-state index in [1.54, 1.807) is 0 Å². The lowest BCUT2D eigenvalue weighted by Crippen LogP contribution is -2.24. The number of esters is 1. The summed E-state index contributed by atoms with van der Waals surface area (Å²) in [7, 11) is 0. The molecule has 0 saturated carbocycles. The quantitative estimate of drug-likeness (QED) is 0.0394. The molecule has 3 heteroatoms. The molecule has 0 radical (unpaired) electrons. The molecular weight excluding hydrogens is 540 g/mol. The fourth-order valence-electron chi connectivity index (χ4n) is 6.28. The van der Waals surface area contributed by atoms with Gasteiger partial charge in [-0.1, -0.05) is 194 Å². The van der Waals surface area contributed by atoms with Crippen LogP contribution in [0.3, 0.4) is 0 Å². The van der Waals surface area contributed by atoms with Crippen molar-refractivity contribution < 1.29 is 14.3 Å². The van der Waals surface area contributed by atoms with Gasteiger partial charge in [-0.3, -0.25) is 4.79 Å². The van der Waals surface area contributed by atoms with Crippen LogP contribution in [0.1, 0.15) is 226 Å². The van der Waals surface area contributed by atoms with Gasteiger partial charge in [0.05, 0.1) is 12.5 Å². The van der Waals surface area contributed by atoms with Gasteiger partial charge in [0.1, 0.15) is 6.10 Å². The monoisotopic (exact) mass is 621 g/mol. The van der Waals surface area contributed by atoms with Gasteiger partial charge in [-0.05, 0) is 25.7 Å². The lowest BCUT2D eigenvalue weighted by atomic mass is 10.0. The van der Waals surface area contributed by atoms with Crippen LogP contribution in [0.25, 0.3) is 0 Å². The lowest BCUT2D eigenvalue weighted by molar-refractivity contribution is -0.152. The van der Waals surface area contributed by atoms with E-state index in [0.29, 0.717) is 6.42 Å². The molecule has 0 bridgehead atoms. The SMILES string of the molecule is C=CCC(CCCCCCCCCCC)OC(=O)CC(CCCCCCCCCCC)OCCCCCCCCCCCC. The van der Waals surface area contributed by atoms with Crippen LogP contribution in [0.4, 0.5) is 0 Å². The summed E-state index contributed by atoms with van der Waals surface area (Å²) in [6.45, 7) is 11.5. The molecule has 0 saturated heterocycles. The van der Waals surface area contributed by atoms with Crippen LogP contribution < -0.4 is 0 Å². The van der Waals surface area contributed by atoms with Crippen molar-refractivity contribution in [2.24, 2.45) is 0 Å². The topological polar surface area (TPSA) is 35.5 Å². The second kappa shape index (κ2) is 36.6. The van der Waals surface area contributed by atoms with Gasteiger partial charge in [-0.15, -0.1) is 6.58 Å². The number of hydrogen-bond donors (Lipinski definition) is 0. The standard InChI is InChI=1S/C41H80O3/c1-5-9-12-15-18-21-24-27-30-33-37-43-40(36-32-29-26-23-20-17-14-11-7-3)38-41(42)44-39(34-8-4)35-31-28-25-22-19-16-13-10-6-2/h8,39-40H,4-7,9-38H2,1-3H3. The third-order valence-electron chi connectivity index (χ3n) is 9.23. The molecule has 0 aliphatic heterocycles. The molecular formula is C41H80O3. The Hall–Kier alpha value is -0.830. The molecule has 2 unspecified atom stereocenters. The Labute approximate surface area is 277 Å². The third-order valence-corrected chi connectivity index (χ3v) is 9.23. The second-order valence-electron chi connectivity index (χ2n) is 13.7. The van der Waals surface area contributed by atoms with E-state index in [0.717, 1.165) is 45.1 Å². The van der Waals surface area contributed by atoms with Gasteiger partial charge in [0.15, 0.2) is 0 Å². The Morgan fingerprint density at radius 2 is 0.841 bits per heavy atom. The minimum absolute atomic E-state index is 0.00251. The fourth-order valence-corrected chi connectivity index (χ4v) is 6.28. The molecule has 0 heterocycles. The van der Waals surface area contributed by atoms with Gasteiger partial charge in [0, 0.05) is 13.0 Å². The van der Waals surface area contributed by atoms with Crippen LogP contribution in [0.2, 0.25) is 0 Å². The number of unbranched alkanes of at least 4 members (excludes halogenated alkanes) is 25. The molecule has 3 nitrogen and oxygen atoms in total. The van der Waals surface area contributed by atoms with Crippen molar-refractivity contribution >= 4 is 5.97 Å². The van der Waals surface area contributed by atoms with E-state index in [-0.39, 0.29) is 18.2 Å². The third kappa shape index (κ3) is 32.6. The van der Waals surface area contributed by atoms with Crippen LogP contribution >= 0.6 is 0 Å². The smallest absolute Gasteiger partial charge is 0.308 e. The summed E-state index contributed by atoms with van der Waals surface area (Å²) in [6, 6.07) is 0. The van der Waals surface area contributed by atoms with E-state index < -0.39 is 0 Å². The number of rotatable bonds is 37. The first kappa shape index (κ1) is 43.2.